The van der Waals surface area contributed by atoms with Gasteiger partial charge in [0.15, 0.2) is 0 Å². The van der Waals surface area contributed by atoms with Crippen molar-refractivity contribution in [2.45, 2.75) is 90.9 Å². The van der Waals surface area contributed by atoms with E-state index in [-0.39, 0.29) is 0 Å². The Balaban J connectivity index is 1.50. The predicted molar refractivity (Wildman–Crippen MR) is 174 cm³/mol. The molecule has 0 aliphatic carbocycles. The summed E-state index contributed by atoms with van der Waals surface area (Å²) in [4.78, 5) is 0. The second kappa shape index (κ2) is 15.6. The average molecular weight is 531 g/mol. The van der Waals surface area contributed by atoms with E-state index in [0.717, 1.165) is 0 Å². The van der Waals surface area contributed by atoms with E-state index < -0.39 is 0 Å². The first-order valence-corrected chi connectivity index (χ1v) is 15.8. The molecule has 4 rings (SSSR count). The van der Waals surface area contributed by atoms with Crippen molar-refractivity contribution >= 4 is 0 Å². The van der Waals surface area contributed by atoms with Gasteiger partial charge < -0.3 is 0 Å². The van der Waals surface area contributed by atoms with Crippen molar-refractivity contribution < 1.29 is 0 Å². The summed E-state index contributed by atoms with van der Waals surface area (Å²) >= 11 is 0. The van der Waals surface area contributed by atoms with Crippen LogP contribution in [-0.4, -0.2) is 0 Å². The number of benzene rings is 4. The van der Waals surface area contributed by atoms with Gasteiger partial charge in [0.2, 0.25) is 0 Å². The minimum absolute atomic E-state index is 0.559. The summed E-state index contributed by atoms with van der Waals surface area (Å²) in [7, 11) is 0. The molecule has 4 aromatic carbocycles. The quantitative estimate of drug-likeness (QED) is 0.134. The Morgan fingerprint density at radius 3 is 1.40 bits per heavy atom. The molecule has 0 bridgehead atoms. The molecule has 4 aromatic rings. The zero-order chi connectivity index (χ0) is 28.2. The van der Waals surface area contributed by atoms with E-state index in [1.54, 1.807) is 5.56 Å². The lowest BCUT2D eigenvalue weighted by molar-refractivity contribution is 0.288. The van der Waals surface area contributed by atoms with Gasteiger partial charge >= 0.3 is 0 Å². The summed E-state index contributed by atoms with van der Waals surface area (Å²) in [6.07, 6.45) is 9.94. The maximum Gasteiger partial charge on any atom is -0.00905 e. The molecule has 0 aliphatic rings. The third-order valence-electron chi connectivity index (χ3n) is 9.31. The van der Waals surface area contributed by atoms with Gasteiger partial charge in [-0.2, -0.15) is 0 Å². The van der Waals surface area contributed by atoms with E-state index in [9.17, 15) is 0 Å². The molecule has 40 heavy (non-hydrogen) atoms. The van der Waals surface area contributed by atoms with Crippen LogP contribution in [0.2, 0.25) is 0 Å². The van der Waals surface area contributed by atoms with Crippen molar-refractivity contribution in [3.05, 3.63) is 143 Å². The molecule has 0 radical (unpaired) electrons. The predicted octanol–water partition coefficient (Wildman–Crippen LogP) is 11.3. The maximum absolute atomic E-state index is 2.40. The molecule has 0 saturated carbocycles. The summed E-state index contributed by atoms with van der Waals surface area (Å²) in [5.74, 6) is 2.54. The summed E-state index contributed by atoms with van der Waals surface area (Å²) in [6, 6.07) is 40.5. The van der Waals surface area contributed by atoms with Gasteiger partial charge in [-0.3, -0.25) is 0 Å². The molecule has 0 aromatic heterocycles. The Hall–Kier alpha value is -3.12. The van der Waals surface area contributed by atoms with Crippen LogP contribution in [0.4, 0.5) is 0 Å². The second-order valence-corrected chi connectivity index (χ2v) is 11.9. The third kappa shape index (κ3) is 8.20. The molecule has 4 atom stereocenters. The molecule has 0 amide bonds. The monoisotopic (exact) mass is 530 g/mol. The minimum Gasteiger partial charge on any atom is -0.0651 e. The van der Waals surface area contributed by atoms with E-state index in [4.69, 9.17) is 0 Å². The number of unbranched alkanes of at least 4 members (excludes halogenated alkanes) is 1. The maximum atomic E-state index is 2.40. The highest BCUT2D eigenvalue weighted by Crippen LogP contribution is 2.42. The number of rotatable bonds is 15. The van der Waals surface area contributed by atoms with Gasteiger partial charge in [0.05, 0.1) is 0 Å². The van der Waals surface area contributed by atoms with Crippen LogP contribution in [0.3, 0.4) is 0 Å². The van der Waals surface area contributed by atoms with Gasteiger partial charge in [0.1, 0.15) is 0 Å². The first-order valence-electron chi connectivity index (χ1n) is 15.8. The number of aryl methyl sites for hydroxylation is 2. The first kappa shape index (κ1) is 29.9. The topological polar surface area (TPSA) is 0 Å². The molecule has 210 valence electrons. The van der Waals surface area contributed by atoms with Crippen LogP contribution in [0.25, 0.3) is 0 Å². The summed E-state index contributed by atoms with van der Waals surface area (Å²) < 4.78 is 0. The van der Waals surface area contributed by atoms with Crippen molar-refractivity contribution in [1.29, 1.82) is 0 Å². The largest absolute Gasteiger partial charge is 0.0651 e. The first-order chi connectivity index (χ1) is 19.6. The highest BCUT2D eigenvalue weighted by atomic mass is 14.3. The van der Waals surface area contributed by atoms with Gasteiger partial charge in [-0.05, 0) is 103 Å². The standard InChI is InChI=1S/C40H50/c1-5-35(29-33-21-9-7-10-22-33)36(30-34-23-11-8-12-24-34)25-15-18-28-40(39-27-17-14-20-32(39)4)37(6-2)38-26-16-13-19-31(38)3/h7-14,16-17,19-24,26-27,35-37,40H,5-6,15,18,25,28-30H2,1-4H3. The Labute approximate surface area is 244 Å². The number of hydrogen-bond acceptors (Lipinski definition) is 0. The molecule has 0 N–H and O–H groups in total. The van der Waals surface area contributed by atoms with Crippen LogP contribution in [0.15, 0.2) is 109 Å². The van der Waals surface area contributed by atoms with Crippen molar-refractivity contribution in [1.82, 2.24) is 0 Å². The second-order valence-electron chi connectivity index (χ2n) is 11.9. The third-order valence-corrected chi connectivity index (χ3v) is 9.31. The van der Waals surface area contributed by atoms with Crippen LogP contribution < -0.4 is 0 Å². The molecular formula is C40H50. The zero-order valence-electron chi connectivity index (χ0n) is 25.4. The molecule has 0 heteroatoms. The van der Waals surface area contributed by atoms with Crippen LogP contribution in [0.1, 0.15) is 97.6 Å². The van der Waals surface area contributed by atoms with Crippen LogP contribution >= 0.6 is 0 Å². The Kier molecular flexibility index (Phi) is 11.7. The zero-order valence-corrected chi connectivity index (χ0v) is 25.4. The summed E-state index contributed by atoms with van der Waals surface area (Å²) in [5, 5.41) is 0. The Morgan fingerprint density at radius 1 is 0.450 bits per heavy atom. The fraction of sp³-hybridized carbons (Fsp3) is 0.400. The minimum atomic E-state index is 0.559. The van der Waals surface area contributed by atoms with Crippen molar-refractivity contribution in [3.8, 4) is 0 Å². The SMILES string of the molecule is CCC(Cc1ccccc1)C(CCCCC(c1ccccc1C)C(CC)c1ccccc1C)Cc1ccccc1. The molecular weight excluding hydrogens is 480 g/mol. The lowest BCUT2D eigenvalue weighted by Gasteiger charge is -2.31. The molecule has 4 unspecified atom stereocenters. The highest BCUT2D eigenvalue weighted by molar-refractivity contribution is 5.36. The van der Waals surface area contributed by atoms with E-state index >= 15 is 0 Å². The fourth-order valence-corrected chi connectivity index (χ4v) is 7.05. The van der Waals surface area contributed by atoms with Crippen molar-refractivity contribution in [3.63, 3.8) is 0 Å². The van der Waals surface area contributed by atoms with Crippen molar-refractivity contribution in [2.24, 2.45) is 11.8 Å². The van der Waals surface area contributed by atoms with Gasteiger partial charge in [0, 0.05) is 0 Å². The fourth-order valence-electron chi connectivity index (χ4n) is 7.05. The van der Waals surface area contributed by atoms with E-state index in [2.05, 4.69) is 137 Å². The molecule has 0 fully saturated rings. The van der Waals surface area contributed by atoms with Crippen LogP contribution in [0.5, 0.6) is 0 Å². The summed E-state index contributed by atoms with van der Waals surface area (Å²) in [5.41, 5.74) is 8.93. The van der Waals surface area contributed by atoms with Gasteiger partial charge in [-0.1, -0.05) is 142 Å². The van der Waals surface area contributed by atoms with E-state index in [1.165, 1.54) is 79.2 Å². The normalized spacial score (nSPS) is 14.4. The van der Waals surface area contributed by atoms with Gasteiger partial charge in [-0.15, -0.1) is 0 Å². The molecule has 0 saturated heterocycles. The van der Waals surface area contributed by atoms with Crippen LogP contribution in [0, 0.1) is 25.7 Å². The molecule has 0 nitrogen and oxygen atoms in total. The number of hydrogen-bond donors (Lipinski definition) is 0. The summed E-state index contributed by atoms with van der Waals surface area (Å²) in [6.45, 7) is 9.37. The van der Waals surface area contributed by atoms with E-state index in [1.807, 2.05) is 0 Å². The van der Waals surface area contributed by atoms with Crippen LogP contribution in [-0.2, 0) is 12.8 Å². The Morgan fingerprint density at radius 2 is 0.900 bits per heavy atom. The lowest BCUT2D eigenvalue weighted by atomic mass is 9.74. The molecule has 0 aliphatic heterocycles. The van der Waals surface area contributed by atoms with E-state index in [0.29, 0.717) is 23.7 Å². The lowest BCUT2D eigenvalue weighted by Crippen LogP contribution is -2.20. The molecule has 0 heterocycles. The Bertz CT molecular complexity index is 1260. The highest BCUT2D eigenvalue weighted by Gasteiger charge is 2.26. The smallest absolute Gasteiger partial charge is 0.00905 e. The average Bonchev–Trinajstić information content (AvgIpc) is 2.99. The molecule has 0 spiro atoms. The van der Waals surface area contributed by atoms with Gasteiger partial charge in [0.25, 0.3) is 0 Å². The van der Waals surface area contributed by atoms with Crippen molar-refractivity contribution in [2.75, 3.05) is 0 Å². The van der Waals surface area contributed by atoms with Gasteiger partial charge in [-0.25, -0.2) is 0 Å².